The lowest BCUT2D eigenvalue weighted by Gasteiger charge is -2.11. The first kappa shape index (κ1) is 14.6. The van der Waals surface area contributed by atoms with E-state index in [-0.39, 0.29) is 5.91 Å². The van der Waals surface area contributed by atoms with Crippen LogP contribution in [0.2, 0.25) is 0 Å². The monoisotopic (exact) mass is 278 g/mol. The molecule has 3 nitrogen and oxygen atoms in total. The highest BCUT2D eigenvalue weighted by Gasteiger charge is 2.09. The summed E-state index contributed by atoms with van der Waals surface area (Å²) in [6.07, 6.45) is 3.22. The smallest absolute Gasteiger partial charge is 0.244 e. The minimum Gasteiger partial charge on any atom is -0.398 e. The van der Waals surface area contributed by atoms with Crippen LogP contribution in [0.4, 0.5) is 5.69 Å². The second-order valence-electron chi connectivity index (χ2n) is 4.55. The maximum Gasteiger partial charge on any atom is 0.244 e. The molecule has 0 saturated carbocycles. The number of benzene rings is 2. The Balaban J connectivity index is 2.45. The SMILES string of the molecule is C=CCNC(=O)C=C(c1ccccc1)c1ccccc1N. The molecule has 0 saturated heterocycles. The van der Waals surface area contributed by atoms with E-state index in [2.05, 4.69) is 11.9 Å². The van der Waals surface area contributed by atoms with E-state index in [4.69, 9.17) is 5.73 Å². The lowest BCUT2D eigenvalue weighted by molar-refractivity contribution is -0.116. The third-order valence-electron chi connectivity index (χ3n) is 3.03. The highest BCUT2D eigenvalue weighted by Crippen LogP contribution is 2.27. The van der Waals surface area contributed by atoms with Crippen LogP contribution in [-0.2, 0) is 4.79 Å². The summed E-state index contributed by atoms with van der Waals surface area (Å²) >= 11 is 0. The van der Waals surface area contributed by atoms with Gasteiger partial charge in [0.1, 0.15) is 0 Å². The summed E-state index contributed by atoms with van der Waals surface area (Å²) in [5, 5.41) is 2.75. The summed E-state index contributed by atoms with van der Waals surface area (Å²) in [7, 11) is 0. The van der Waals surface area contributed by atoms with Crippen molar-refractivity contribution in [1.29, 1.82) is 0 Å². The molecule has 106 valence electrons. The first-order valence-corrected chi connectivity index (χ1v) is 6.73. The summed E-state index contributed by atoms with van der Waals surface area (Å²) in [5.74, 6) is -0.169. The number of hydrogen-bond acceptors (Lipinski definition) is 2. The zero-order valence-electron chi connectivity index (χ0n) is 11.8. The molecule has 3 N–H and O–H groups in total. The van der Waals surface area contributed by atoms with Gasteiger partial charge in [-0.2, -0.15) is 0 Å². The van der Waals surface area contributed by atoms with E-state index < -0.39 is 0 Å². The standard InChI is InChI=1S/C18H18N2O/c1-2-12-20-18(21)13-16(14-8-4-3-5-9-14)15-10-6-7-11-17(15)19/h2-11,13H,1,12,19H2,(H,20,21). The predicted molar refractivity (Wildman–Crippen MR) is 87.6 cm³/mol. The first-order chi connectivity index (χ1) is 10.2. The summed E-state index contributed by atoms with van der Waals surface area (Å²) in [5.41, 5.74) is 9.28. The number of hydrogen-bond donors (Lipinski definition) is 2. The second-order valence-corrected chi connectivity index (χ2v) is 4.55. The summed E-state index contributed by atoms with van der Waals surface area (Å²) in [4.78, 5) is 12.0. The van der Waals surface area contributed by atoms with E-state index in [9.17, 15) is 4.79 Å². The molecule has 2 aromatic rings. The number of nitrogens with two attached hydrogens (primary N) is 1. The molecule has 0 aromatic heterocycles. The minimum absolute atomic E-state index is 0.169. The maximum absolute atomic E-state index is 12.0. The molecule has 0 aliphatic rings. The van der Waals surface area contributed by atoms with E-state index >= 15 is 0 Å². The quantitative estimate of drug-likeness (QED) is 0.502. The Morgan fingerprint density at radius 3 is 2.43 bits per heavy atom. The van der Waals surface area contributed by atoms with Gasteiger partial charge in [0, 0.05) is 23.9 Å². The highest BCUT2D eigenvalue weighted by molar-refractivity contribution is 6.00. The molecular formula is C18H18N2O. The van der Waals surface area contributed by atoms with Crippen LogP contribution in [0.5, 0.6) is 0 Å². The molecule has 0 heterocycles. The van der Waals surface area contributed by atoms with Crippen molar-refractivity contribution < 1.29 is 4.79 Å². The Hall–Kier alpha value is -2.81. The molecule has 2 rings (SSSR count). The number of amides is 1. The van der Waals surface area contributed by atoms with E-state index in [1.54, 1.807) is 12.2 Å². The summed E-state index contributed by atoms with van der Waals surface area (Å²) < 4.78 is 0. The number of nitrogens with one attached hydrogen (secondary N) is 1. The van der Waals surface area contributed by atoms with E-state index in [0.717, 1.165) is 16.7 Å². The van der Waals surface area contributed by atoms with E-state index in [0.29, 0.717) is 12.2 Å². The van der Waals surface area contributed by atoms with Gasteiger partial charge in [-0.15, -0.1) is 6.58 Å². The molecule has 0 atom stereocenters. The first-order valence-electron chi connectivity index (χ1n) is 6.73. The third kappa shape index (κ3) is 3.83. The van der Waals surface area contributed by atoms with Gasteiger partial charge in [0.25, 0.3) is 0 Å². The number of carbonyl (C=O) groups is 1. The number of rotatable bonds is 5. The Morgan fingerprint density at radius 2 is 1.76 bits per heavy atom. The molecule has 0 spiro atoms. The molecule has 2 aromatic carbocycles. The molecular weight excluding hydrogens is 260 g/mol. The van der Waals surface area contributed by atoms with Gasteiger partial charge in [-0.25, -0.2) is 0 Å². The molecule has 0 aliphatic carbocycles. The Morgan fingerprint density at radius 1 is 1.10 bits per heavy atom. The van der Waals surface area contributed by atoms with Gasteiger partial charge < -0.3 is 11.1 Å². The van der Waals surface area contributed by atoms with Gasteiger partial charge in [0.05, 0.1) is 0 Å². The van der Waals surface area contributed by atoms with Crippen molar-refractivity contribution >= 4 is 17.2 Å². The van der Waals surface area contributed by atoms with Crippen molar-refractivity contribution in [2.45, 2.75) is 0 Å². The van der Waals surface area contributed by atoms with Crippen LogP contribution < -0.4 is 11.1 Å². The van der Waals surface area contributed by atoms with Crippen LogP contribution in [0.15, 0.2) is 73.3 Å². The topological polar surface area (TPSA) is 55.1 Å². The average Bonchev–Trinajstić information content (AvgIpc) is 2.52. The van der Waals surface area contributed by atoms with Crippen molar-refractivity contribution in [2.75, 3.05) is 12.3 Å². The Kier molecular flexibility index (Phi) is 4.94. The van der Waals surface area contributed by atoms with Gasteiger partial charge >= 0.3 is 0 Å². The largest absolute Gasteiger partial charge is 0.398 e. The second kappa shape index (κ2) is 7.10. The normalized spacial score (nSPS) is 11.0. The van der Waals surface area contributed by atoms with E-state index in [1.807, 2.05) is 54.6 Å². The van der Waals surface area contributed by atoms with Crippen molar-refractivity contribution in [1.82, 2.24) is 5.32 Å². The lowest BCUT2D eigenvalue weighted by Crippen LogP contribution is -2.21. The van der Waals surface area contributed by atoms with Crippen LogP contribution in [0.1, 0.15) is 11.1 Å². The van der Waals surface area contributed by atoms with E-state index in [1.165, 1.54) is 0 Å². The number of nitrogen functional groups attached to an aromatic ring is 1. The summed E-state index contributed by atoms with van der Waals surface area (Å²) in [6.45, 7) is 4.02. The highest BCUT2D eigenvalue weighted by atomic mass is 16.1. The van der Waals surface area contributed by atoms with Gasteiger partial charge in [0.2, 0.25) is 5.91 Å². The van der Waals surface area contributed by atoms with Crippen molar-refractivity contribution in [3.8, 4) is 0 Å². The fraction of sp³-hybridized carbons (Fsp3) is 0.0556. The van der Waals surface area contributed by atoms with Crippen molar-refractivity contribution in [3.63, 3.8) is 0 Å². The van der Waals surface area contributed by atoms with Gasteiger partial charge in [-0.05, 0) is 17.2 Å². The van der Waals surface area contributed by atoms with Crippen LogP contribution in [-0.4, -0.2) is 12.5 Å². The molecule has 3 heteroatoms. The third-order valence-corrected chi connectivity index (χ3v) is 3.03. The molecule has 1 amide bonds. The average molecular weight is 278 g/mol. The lowest BCUT2D eigenvalue weighted by atomic mass is 9.96. The molecule has 0 radical (unpaired) electrons. The van der Waals surface area contributed by atoms with Crippen LogP contribution in [0.25, 0.3) is 5.57 Å². The predicted octanol–water partition coefficient (Wildman–Crippen LogP) is 3.00. The molecule has 0 aliphatic heterocycles. The fourth-order valence-corrected chi connectivity index (χ4v) is 2.03. The fourth-order valence-electron chi connectivity index (χ4n) is 2.03. The molecule has 0 fully saturated rings. The molecule has 0 bridgehead atoms. The van der Waals surface area contributed by atoms with Crippen LogP contribution in [0.3, 0.4) is 0 Å². The number of para-hydroxylation sites is 1. The van der Waals surface area contributed by atoms with Crippen LogP contribution >= 0.6 is 0 Å². The minimum atomic E-state index is -0.169. The maximum atomic E-state index is 12.0. The zero-order chi connectivity index (χ0) is 15.1. The van der Waals surface area contributed by atoms with Crippen LogP contribution in [0, 0.1) is 0 Å². The number of carbonyl (C=O) groups excluding carboxylic acids is 1. The Bertz CT molecular complexity index is 660. The van der Waals surface area contributed by atoms with Crippen molar-refractivity contribution in [2.24, 2.45) is 0 Å². The van der Waals surface area contributed by atoms with Crippen molar-refractivity contribution in [3.05, 3.63) is 84.5 Å². The van der Waals surface area contributed by atoms with Gasteiger partial charge in [-0.3, -0.25) is 4.79 Å². The Labute approximate surface area is 124 Å². The zero-order valence-corrected chi connectivity index (χ0v) is 11.8. The van der Waals surface area contributed by atoms with Gasteiger partial charge in [-0.1, -0.05) is 54.6 Å². The molecule has 21 heavy (non-hydrogen) atoms. The number of anilines is 1. The van der Waals surface area contributed by atoms with Gasteiger partial charge in [0.15, 0.2) is 0 Å². The molecule has 0 unspecified atom stereocenters. The summed E-state index contributed by atoms with van der Waals surface area (Å²) in [6, 6.07) is 17.2.